The Bertz CT molecular complexity index is 757. The zero-order chi connectivity index (χ0) is 18.4. The van der Waals surface area contributed by atoms with E-state index in [2.05, 4.69) is 9.97 Å². The molecule has 0 aliphatic carbocycles. The van der Waals surface area contributed by atoms with Crippen LogP contribution in [0.3, 0.4) is 0 Å². The van der Waals surface area contributed by atoms with Crippen LogP contribution in [0.25, 0.3) is 6.08 Å². The summed E-state index contributed by atoms with van der Waals surface area (Å²) in [6, 6.07) is 7.90. The van der Waals surface area contributed by atoms with Gasteiger partial charge in [0.25, 0.3) is 0 Å². The molecule has 1 amide bonds. The Kier molecular flexibility index (Phi) is 5.73. The molecule has 0 bridgehead atoms. The Morgan fingerprint density at radius 3 is 3.12 bits per heavy atom. The highest BCUT2D eigenvalue weighted by molar-refractivity contribution is 5.91. The number of hydrogen-bond acceptors (Lipinski definition) is 4. The number of imidazole rings is 1. The molecule has 2 aromatic rings. The van der Waals surface area contributed by atoms with Crippen molar-refractivity contribution >= 4 is 12.0 Å². The molecule has 0 saturated carbocycles. The van der Waals surface area contributed by atoms with Crippen LogP contribution >= 0.6 is 0 Å². The minimum Gasteiger partial charge on any atom is -0.497 e. The molecule has 1 fully saturated rings. The van der Waals surface area contributed by atoms with Gasteiger partial charge < -0.3 is 19.7 Å². The second kappa shape index (κ2) is 8.19. The topological polar surface area (TPSA) is 78.5 Å². The maximum Gasteiger partial charge on any atom is 0.246 e. The smallest absolute Gasteiger partial charge is 0.246 e. The van der Waals surface area contributed by atoms with E-state index in [9.17, 15) is 9.90 Å². The molecule has 26 heavy (non-hydrogen) atoms. The van der Waals surface area contributed by atoms with Crippen LogP contribution in [0.4, 0.5) is 0 Å². The van der Waals surface area contributed by atoms with Crippen LogP contribution in [0.5, 0.6) is 5.75 Å². The number of likely N-dealkylation sites (tertiary alicyclic amines) is 1. The van der Waals surface area contributed by atoms with Crippen molar-refractivity contribution in [2.24, 2.45) is 5.41 Å². The van der Waals surface area contributed by atoms with Crippen molar-refractivity contribution in [1.82, 2.24) is 14.9 Å². The molecule has 0 unspecified atom stereocenters. The van der Waals surface area contributed by atoms with Crippen molar-refractivity contribution in [2.45, 2.75) is 19.3 Å². The van der Waals surface area contributed by atoms with Crippen LogP contribution in [0, 0.1) is 5.41 Å². The molecule has 6 heteroatoms. The molecule has 138 valence electrons. The molecular formula is C20H25N3O3. The molecule has 1 aliphatic heterocycles. The van der Waals surface area contributed by atoms with Crippen LogP contribution in [-0.2, 0) is 11.2 Å². The van der Waals surface area contributed by atoms with Crippen LogP contribution in [-0.4, -0.2) is 52.7 Å². The van der Waals surface area contributed by atoms with Gasteiger partial charge in [-0.05, 0) is 43.0 Å². The summed E-state index contributed by atoms with van der Waals surface area (Å²) in [5.41, 5.74) is 1.59. The first-order valence-electron chi connectivity index (χ1n) is 8.83. The van der Waals surface area contributed by atoms with Crippen molar-refractivity contribution < 1.29 is 14.6 Å². The van der Waals surface area contributed by atoms with E-state index in [0.29, 0.717) is 13.1 Å². The summed E-state index contributed by atoms with van der Waals surface area (Å²) in [5.74, 6) is 0.768. The maximum atomic E-state index is 12.6. The molecule has 1 aromatic carbocycles. The van der Waals surface area contributed by atoms with Crippen molar-refractivity contribution in [2.75, 3.05) is 26.8 Å². The number of rotatable bonds is 6. The number of aromatic amines is 1. The summed E-state index contributed by atoms with van der Waals surface area (Å²) >= 11 is 0. The average Bonchev–Trinajstić information content (AvgIpc) is 3.20. The standard InChI is InChI=1S/C20H25N3O3/c1-26-18-5-2-4-16(10-18)11-20(14-24)8-3-9-23(13-20)19(25)7-6-17-12-21-15-22-17/h2,4-7,10,12,15,24H,3,8-9,11,13-14H2,1H3,(H,21,22)/b7-6+/t20-/m0/s1. The highest BCUT2D eigenvalue weighted by Gasteiger charge is 2.36. The Morgan fingerprint density at radius 2 is 2.38 bits per heavy atom. The molecule has 2 N–H and O–H groups in total. The van der Waals surface area contributed by atoms with Crippen molar-refractivity contribution in [1.29, 1.82) is 0 Å². The fraction of sp³-hybridized carbons (Fsp3) is 0.400. The molecule has 2 heterocycles. The monoisotopic (exact) mass is 355 g/mol. The third-order valence-electron chi connectivity index (χ3n) is 4.95. The van der Waals surface area contributed by atoms with Crippen LogP contribution in [0.2, 0.25) is 0 Å². The van der Waals surface area contributed by atoms with Gasteiger partial charge in [0.15, 0.2) is 0 Å². The number of hydrogen-bond donors (Lipinski definition) is 2. The Balaban J connectivity index is 1.70. The number of amides is 1. The largest absolute Gasteiger partial charge is 0.497 e. The summed E-state index contributed by atoms with van der Waals surface area (Å²) in [4.78, 5) is 21.3. The lowest BCUT2D eigenvalue weighted by Crippen LogP contribution is -2.48. The number of aliphatic hydroxyl groups is 1. The number of H-pyrrole nitrogens is 1. The van der Waals surface area contributed by atoms with E-state index in [1.807, 2.05) is 29.2 Å². The van der Waals surface area contributed by atoms with E-state index in [1.165, 1.54) is 0 Å². The van der Waals surface area contributed by atoms with E-state index in [-0.39, 0.29) is 17.9 Å². The number of methoxy groups -OCH3 is 1. The van der Waals surface area contributed by atoms with Gasteiger partial charge in [0, 0.05) is 24.6 Å². The van der Waals surface area contributed by atoms with E-state index < -0.39 is 0 Å². The van der Waals surface area contributed by atoms with Gasteiger partial charge in [-0.25, -0.2) is 4.98 Å². The third-order valence-corrected chi connectivity index (χ3v) is 4.95. The highest BCUT2D eigenvalue weighted by atomic mass is 16.5. The number of nitrogens with zero attached hydrogens (tertiary/aromatic N) is 2. The first kappa shape index (κ1) is 18.2. The quantitative estimate of drug-likeness (QED) is 0.779. The van der Waals surface area contributed by atoms with E-state index in [0.717, 1.165) is 36.3 Å². The van der Waals surface area contributed by atoms with Crippen LogP contribution < -0.4 is 4.74 Å². The summed E-state index contributed by atoms with van der Waals surface area (Å²) in [7, 11) is 1.65. The number of aliphatic hydroxyl groups excluding tert-OH is 1. The molecule has 1 saturated heterocycles. The predicted molar refractivity (Wildman–Crippen MR) is 99.7 cm³/mol. The first-order valence-corrected chi connectivity index (χ1v) is 8.83. The lowest BCUT2D eigenvalue weighted by atomic mass is 9.75. The number of piperidine rings is 1. The van der Waals surface area contributed by atoms with Crippen LogP contribution in [0.15, 0.2) is 42.9 Å². The van der Waals surface area contributed by atoms with Gasteiger partial charge in [0.05, 0.1) is 31.9 Å². The minimum atomic E-state index is -0.317. The van der Waals surface area contributed by atoms with Gasteiger partial charge in [-0.15, -0.1) is 0 Å². The van der Waals surface area contributed by atoms with Crippen molar-refractivity contribution in [3.8, 4) is 5.75 Å². The van der Waals surface area contributed by atoms with Crippen molar-refractivity contribution in [3.63, 3.8) is 0 Å². The van der Waals surface area contributed by atoms with Gasteiger partial charge in [-0.2, -0.15) is 0 Å². The SMILES string of the molecule is COc1cccc(C[C@@]2(CO)CCCN(C(=O)/C=C/c3cnc[nH]3)C2)c1. The van der Waals surface area contributed by atoms with Gasteiger partial charge >= 0.3 is 0 Å². The number of ether oxygens (including phenoxy) is 1. The summed E-state index contributed by atoms with van der Waals surface area (Å²) in [6.07, 6.45) is 9.04. The fourth-order valence-electron chi connectivity index (χ4n) is 3.56. The van der Waals surface area contributed by atoms with E-state index in [1.54, 1.807) is 31.8 Å². The Hall–Kier alpha value is -2.60. The van der Waals surface area contributed by atoms with Gasteiger partial charge in [0.2, 0.25) is 5.91 Å². The third kappa shape index (κ3) is 4.32. The molecule has 0 spiro atoms. The van der Waals surface area contributed by atoms with Gasteiger partial charge in [-0.3, -0.25) is 4.79 Å². The first-order chi connectivity index (χ1) is 12.6. The number of nitrogens with one attached hydrogen (secondary N) is 1. The van der Waals surface area contributed by atoms with E-state index in [4.69, 9.17) is 4.74 Å². The maximum absolute atomic E-state index is 12.6. The molecule has 1 aromatic heterocycles. The number of carbonyl (C=O) groups is 1. The second-order valence-corrected chi connectivity index (χ2v) is 6.89. The number of aromatic nitrogens is 2. The summed E-state index contributed by atoms with van der Waals surface area (Å²) < 4.78 is 5.29. The Labute approximate surface area is 153 Å². The molecule has 0 radical (unpaired) electrons. The molecule has 6 nitrogen and oxygen atoms in total. The molecule has 3 rings (SSSR count). The zero-order valence-corrected chi connectivity index (χ0v) is 15.0. The minimum absolute atomic E-state index is 0.0391. The lowest BCUT2D eigenvalue weighted by Gasteiger charge is -2.41. The van der Waals surface area contributed by atoms with Gasteiger partial charge in [-0.1, -0.05) is 12.1 Å². The lowest BCUT2D eigenvalue weighted by molar-refractivity contribution is -0.130. The average molecular weight is 355 g/mol. The molecule has 1 aliphatic rings. The summed E-state index contributed by atoms with van der Waals surface area (Å²) in [6.45, 7) is 1.32. The second-order valence-electron chi connectivity index (χ2n) is 6.89. The summed E-state index contributed by atoms with van der Waals surface area (Å²) in [5, 5.41) is 10.1. The Morgan fingerprint density at radius 1 is 1.50 bits per heavy atom. The predicted octanol–water partition coefficient (Wildman–Crippen LogP) is 2.28. The van der Waals surface area contributed by atoms with Crippen molar-refractivity contribution in [3.05, 3.63) is 54.1 Å². The number of benzene rings is 1. The highest BCUT2D eigenvalue weighted by Crippen LogP contribution is 2.34. The fourth-order valence-corrected chi connectivity index (χ4v) is 3.56. The van der Waals surface area contributed by atoms with Crippen LogP contribution in [0.1, 0.15) is 24.1 Å². The van der Waals surface area contributed by atoms with Gasteiger partial charge in [0.1, 0.15) is 5.75 Å². The molecular weight excluding hydrogens is 330 g/mol. The normalized spacial score (nSPS) is 20.5. The zero-order valence-electron chi connectivity index (χ0n) is 15.0. The number of carbonyl (C=O) groups excluding carboxylic acids is 1. The van der Waals surface area contributed by atoms with E-state index >= 15 is 0 Å². The molecule has 1 atom stereocenters.